The topological polar surface area (TPSA) is 127 Å². The lowest BCUT2D eigenvalue weighted by molar-refractivity contribution is -0.385. The molecule has 0 atom stereocenters. The van der Waals surface area contributed by atoms with Crippen molar-refractivity contribution in [1.29, 1.82) is 5.26 Å². The number of rotatable bonds is 4. The highest BCUT2D eigenvalue weighted by atomic mass is 16.6. The van der Waals surface area contributed by atoms with Crippen LogP contribution >= 0.6 is 0 Å². The standard InChI is InChI=1S/C17H13N5O4/c1-20-14-5-3-2-4-13(14)19-17(20)12(8-18)15(23)10-21-9-11(22(25)26)6-7-16(21)24/h2-7,9,23H,10H2,1H3/b15-12-. The second kappa shape index (κ2) is 6.52. The number of nitriles is 1. The van der Waals surface area contributed by atoms with Gasteiger partial charge in [0.15, 0.2) is 5.82 Å². The van der Waals surface area contributed by atoms with Crippen molar-refractivity contribution in [3.63, 3.8) is 0 Å². The van der Waals surface area contributed by atoms with Crippen LogP contribution in [-0.2, 0) is 13.6 Å². The molecule has 1 aromatic carbocycles. The van der Waals surface area contributed by atoms with Gasteiger partial charge in [0.25, 0.3) is 11.2 Å². The lowest BCUT2D eigenvalue weighted by Crippen LogP contribution is -2.20. The third kappa shape index (κ3) is 2.91. The molecule has 0 spiro atoms. The van der Waals surface area contributed by atoms with Crippen molar-refractivity contribution in [3.8, 4) is 6.07 Å². The van der Waals surface area contributed by atoms with Gasteiger partial charge >= 0.3 is 0 Å². The zero-order chi connectivity index (χ0) is 18.8. The normalized spacial score (nSPS) is 11.8. The minimum absolute atomic E-state index is 0.109. The Hall–Kier alpha value is -3.93. The summed E-state index contributed by atoms with van der Waals surface area (Å²) in [6, 6.07) is 11.2. The summed E-state index contributed by atoms with van der Waals surface area (Å²) in [5.41, 5.74) is 0.485. The molecule has 0 radical (unpaired) electrons. The van der Waals surface area contributed by atoms with Gasteiger partial charge in [-0.15, -0.1) is 0 Å². The Labute approximate surface area is 146 Å². The monoisotopic (exact) mass is 351 g/mol. The van der Waals surface area contributed by atoms with E-state index in [4.69, 9.17) is 0 Å². The number of fused-ring (bicyclic) bond motifs is 1. The predicted octanol–water partition coefficient (Wildman–Crippen LogP) is 2.14. The van der Waals surface area contributed by atoms with Crippen molar-refractivity contribution < 1.29 is 10.0 Å². The number of nitrogens with zero attached hydrogens (tertiary/aromatic N) is 5. The second-order valence-corrected chi connectivity index (χ2v) is 5.53. The van der Waals surface area contributed by atoms with Gasteiger partial charge in [-0.2, -0.15) is 5.26 Å². The smallest absolute Gasteiger partial charge is 0.285 e. The van der Waals surface area contributed by atoms with Gasteiger partial charge in [0.05, 0.1) is 28.7 Å². The van der Waals surface area contributed by atoms with Crippen molar-refractivity contribution in [1.82, 2.24) is 14.1 Å². The summed E-state index contributed by atoms with van der Waals surface area (Å²) in [6.45, 7) is -0.382. The molecule has 0 saturated heterocycles. The van der Waals surface area contributed by atoms with E-state index in [9.17, 15) is 25.3 Å². The molecule has 2 heterocycles. The zero-order valence-electron chi connectivity index (χ0n) is 13.7. The first kappa shape index (κ1) is 16.9. The summed E-state index contributed by atoms with van der Waals surface area (Å²) in [4.78, 5) is 26.4. The van der Waals surface area contributed by atoms with E-state index < -0.39 is 16.2 Å². The Morgan fingerprint density at radius 3 is 2.73 bits per heavy atom. The molecule has 26 heavy (non-hydrogen) atoms. The van der Waals surface area contributed by atoms with Crippen LogP contribution < -0.4 is 5.56 Å². The fraction of sp³-hybridized carbons (Fsp3) is 0.118. The van der Waals surface area contributed by atoms with Gasteiger partial charge in [-0.1, -0.05) is 12.1 Å². The summed E-state index contributed by atoms with van der Waals surface area (Å²) < 4.78 is 2.62. The number of aliphatic hydroxyl groups is 1. The first-order valence-electron chi connectivity index (χ1n) is 7.51. The number of para-hydroxylation sites is 2. The number of benzene rings is 1. The van der Waals surface area contributed by atoms with Gasteiger partial charge in [0, 0.05) is 19.2 Å². The molecule has 0 unspecified atom stereocenters. The molecule has 9 heteroatoms. The Balaban J connectivity index is 2.09. The van der Waals surface area contributed by atoms with Crippen molar-refractivity contribution in [2.75, 3.05) is 0 Å². The fourth-order valence-electron chi connectivity index (χ4n) is 2.60. The maximum absolute atomic E-state index is 11.9. The number of allylic oxidation sites excluding steroid dienone is 2. The Morgan fingerprint density at radius 1 is 1.35 bits per heavy atom. The molecular weight excluding hydrogens is 338 g/mol. The number of imidazole rings is 1. The summed E-state index contributed by atoms with van der Waals surface area (Å²) in [5.74, 6) is -0.168. The predicted molar refractivity (Wildman–Crippen MR) is 93.2 cm³/mol. The number of nitro groups is 1. The molecule has 3 rings (SSSR count). The molecule has 0 aliphatic rings. The summed E-state index contributed by atoms with van der Waals surface area (Å²) in [7, 11) is 1.70. The average Bonchev–Trinajstić information content (AvgIpc) is 2.94. The maximum Gasteiger partial charge on any atom is 0.285 e. The molecular formula is C17H13N5O4. The Bertz CT molecular complexity index is 1150. The van der Waals surface area contributed by atoms with E-state index in [0.717, 1.165) is 28.4 Å². The van der Waals surface area contributed by atoms with E-state index in [-0.39, 0.29) is 23.6 Å². The van der Waals surface area contributed by atoms with Gasteiger partial charge in [-0.25, -0.2) is 4.98 Å². The molecule has 0 aliphatic carbocycles. The van der Waals surface area contributed by atoms with Gasteiger partial charge in [-0.3, -0.25) is 14.9 Å². The van der Waals surface area contributed by atoms with Gasteiger partial charge in [0.2, 0.25) is 0 Å². The number of hydrogen-bond acceptors (Lipinski definition) is 6. The summed E-state index contributed by atoms with van der Waals surface area (Å²) >= 11 is 0. The third-order valence-electron chi connectivity index (χ3n) is 3.91. The summed E-state index contributed by atoms with van der Waals surface area (Å²) in [5, 5.41) is 30.7. The van der Waals surface area contributed by atoms with Crippen molar-refractivity contribution in [2.24, 2.45) is 7.05 Å². The number of aliphatic hydroxyl groups excluding tert-OH is 1. The van der Waals surface area contributed by atoms with Crippen LogP contribution in [0.25, 0.3) is 16.6 Å². The van der Waals surface area contributed by atoms with Gasteiger partial charge < -0.3 is 14.2 Å². The molecule has 2 aromatic heterocycles. The van der Waals surface area contributed by atoms with E-state index in [0.29, 0.717) is 5.52 Å². The lowest BCUT2D eigenvalue weighted by atomic mass is 10.2. The van der Waals surface area contributed by atoms with Gasteiger partial charge in [0.1, 0.15) is 17.4 Å². The maximum atomic E-state index is 11.9. The molecule has 0 bridgehead atoms. The quantitative estimate of drug-likeness (QED) is 0.332. The van der Waals surface area contributed by atoms with Crippen molar-refractivity contribution >= 4 is 22.3 Å². The molecule has 0 aliphatic heterocycles. The first-order chi connectivity index (χ1) is 12.4. The van der Waals surface area contributed by atoms with E-state index in [1.807, 2.05) is 18.2 Å². The van der Waals surface area contributed by atoms with E-state index in [2.05, 4.69) is 4.98 Å². The zero-order valence-corrected chi connectivity index (χ0v) is 13.7. The van der Waals surface area contributed by atoms with Crippen LogP contribution in [0.15, 0.2) is 53.1 Å². The van der Waals surface area contributed by atoms with Crippen LogP contribution in [0.1, 0.15) is 5.82 Å². The number of pyridine rings is 1. The minimum atomic E-state index is -0.645. The third-order valence-corrected chi connectivity index (χ3v) is 3.91. The highest BCUT2D eigenvalue weighted by Gasteiger charge is 2.17. The number of aryl methyl sites for hydroxylation is 1. The Kier molecular flexibility index (Phi) is 4.24. The van der Waals surface area contributed by atoms with Crippen molar-refractivity contribution in [3.05, 3.63) is 74.6 Å². The molecule has 3 aromatic rings. The van der Waals surface area contributed by atoms with Crippen LogP contribution in [0.4, 0.5) is 5.69 Å². The van der Waals surface area contributed by atoms with Crippen LogP contribution in [-0.4, -0.2) is 24.1 Å². The molecule has 0 saturated carbocycles. The molecule has 0 amide bonds. The molecule has 130 valence electrons. The summed E-state index contributed by atoms with van der Waals surface area (Å²) in [6.07, 6.45) is 1.02. The van der Waals surface area contributed by atoms with E-state index in [1.165, 1.54) is 0 Å². The second-order valence-electron chi connectivity index (χ2n) is 5.53. The lowest BCUT2D eigenvalue weighted by Gasteiger charge is -2.07. The van der Waals surface area contributed by atoms with Crippen LogP contribution in [0, 0.1) is 21.4 Å². The highest BCUT2D eigenvalue weighted by molar-refractivity contribution is 5.83. The minimum Gasteiger partial charge on any atom is -0.509 e. The number of aromatic nitrogens is 3. The highest BCUT2D eigenvalue weighted by Crippen LogP contribution is 2.22. The average molecular weight is 351 g/mol. The van der Waals surface area contributed by atoms with E-state index in [1.54, 1.807) is 23.7 Å². The molecule has 0 fully saturated rings. The van der Waals surface area contributed by atoms with Crippen LogP contribution in [0.5, 0.6) is 0 Å². The first-order valence-corrected chi connectivity index (χ1v) is 7.51. The van der Waals surface area contributed by atoms with E-state index >= 15 is 0 Å². The molecule has 1 N–H and O–H groups in total. The van der Waals surface area contributed by atoms with Gasteiger partial charge in [-0.05, 0) is 12.1 Å². The largest absolute Gasteiger partial charge is 0.509 e. The SMILES string of the molecule is Cn1c(/C(C#N)=C(\O)Cn2cc([N+](=O)[O-])ccc2=O)nc2ccccc21. The Morgan fingerprint density at radius 2 is 2.08 bits per heavy atom. The number of hydrogen-bond donors (Lipinski definition) is 1. The molecule has 9 nitrogen and oxygen atoms in total. The fourth-order valence-corrected chi connectivity index (χ4v) is 2.60. The van der Waals surface area contributed by atoms with Crippen LogP contribution in [0.2, 0.25) is 0 Å². The van der Waals surface area contributed by atoms with Crippen LogP contribution in [0.3, 0.4) is 0 Å². The van der Waals surface area contributed by atoms with Crippen molar-refractivity contribution in [2.45, 2.75) is 6.54 Å².